The summed E-state index contributed by atoms with van der Waals surface area (Å²) >= 11 is 3.47. The molecular formula is C24H25BrN2O5. The number of hydrogen-bond donors (Lipinski definition) is 1. The first-order valence-corrected chi connectivity index (χ1v) is 11.5. The molecule has 0 aromatic heterocycles. The molecule has 1 unspecified atom stereocenters. The van der Waals surface area contributed by atoms with Crippen molar-refractivity contribution in [2.75, 3.05) is 19.7 Å². The summed E-state index contributed by atoms with van der Waals surface area (Å²) < 4.78 is 6.17. The Kier molecular flexibility index (Phi) is 6.79. The van der Waals surface area contributed by atoms with Gasteiger partial charge in [0.15, 0.2) is 0 Å². The molecule has 168 valence electrons. The lowest BCUT2D eigenvalue weighted by Gasteiger charge is -2.28. The number of halogens is 1. The summed E-state index contributed by atoms with van der Waals surface area (Å²) in [6, 6.07) is 17.0. The van der Waals surface area contributed by atoms with E-state index in [2.05, 4.69) is 15.9 Å². The molecule has 0 saturated carbocycles. The van der Waals surface area contributed by atoms with E-state index in [9.17, 15) is 19.5 Å². The van der Waals surface area contributed by atoms with Crippen molar-refractivity contribution in [1.82, 2.24) is 9.80 Å². The van der Waals surface area contributed by atoms with Crippen LogP contribution in [0.25, 0.3) is 0 Å². The van der Waals surface area contributed by atoms with Crippen molar-refractivity contribution < 1.29 is 24.2 Å². The van der Waals surface area contributed by atoms with Crippen molar-refractivity contribution in [3.8, 4) is 0 Å². The molecule has 2 fully saturated rings. The lowest BCUT2D eigenvalue weighted by Crippen LogP contribution is -2.46. The number of amides is 3. The molecular weight excluding hydrogens is 476 g/mol. The van der Waals surface area contributed by atoms with E-state index in [1.807, 2.05) is 54.6 Å². The number of hydrogen-bond acceptors (Lipinski definition) is 4. The second-order valence-corrected chi connectivity index (χ2v) is 9.26. The van der Waals surface area contributed by atoms with Crippen molar-refractivity contribution >= 4 is 34.0 Å². The minimum Gasteiger partial charge on any atom is -0.465 e. The standard InChI is InChI=1S/C24H25BrN2O5/c25-19-8-4-7-17(11-19)13-21(18-9-10-26(14-18)23(29)30)22(28)27-20(15-32-24(27)31)12-16-5-2-1-3-6-16/h1-8,11,18,20-21H,9-10,12-15H2,(H,29,30)/t18-,20-,21?/m0/s1. The van der Waals surface area contributed by atoms with E-state index >= 15 is 0 Å². The van der Waals surface area contributed by atoms with Gasteiger partial charge in [0.2, 0.25) is 5.91 Å². The predicted octanol–water partition coefficient (Wildman–Crippen LogP) is 4.20. The van der Waals surface area contributed by atoms with E-state index in [1.54, 1.807) is 0 Å². The summed E-state index contributed by atoms with van der Waals surface area (Å²) in [5.41, 5.74) is 1.98. The third-order valence-electron chi connectivity index (χ3n) is 6.24. The van der Waals surface area contributed by atoms with Gasteiger partial charge in [0.1, 0.15) is 6.61 Å². The maximum Gasteiger partial charge on any atom is 0.416 e. The first kappa shape index (κ1) is 22.3. The molecule has 2 aliphatic heterocycles. The second kappa shape index (κ2) is 9.73. The summed E-state index contributed by atoms with van der Waals surface area (Å²) in [5.74, 6) is -0.966. The minimum atomic E-state index is -0.983. The van der Waals surface area contributed by atoms with Crippen LogP contribution in [0.5, 0.6) is 0 Å². The van der Waals surface area contributed by atoms with Gasteiger partial charge >= 0.3 is 12.2 Å². The number of carbonyl (C=O) groups is 3. The van der Waals surface area contributed by atoms with Crippen LogP contribution < -0.4 is 0 Å². The van der Waals surface area contributed by atoms with Gasteiger partial charge in [-0.2, -0.15) is 0 Å². The van der Waals surface area contributed by atoms with E-state index in [1.165, 1.54) is 9.80 Å². The van der Waals surface area contributed by atoms with Crippen LogP contribution in [0.15, 0.2) is 59.1 Å². The second-order valence-electron chi connectivity index (χ2n) is 8.35. The highest BCUT2D eigenvalue weighted by molar-refractivity contribution is 9.10. The SMILES string of the molecule is O=C(O)N1CC[C@H](C(Cc2cccc(Br)c2)C(=O)N2C(=O)OC[C@@H]2Cc2ccccc2)C1. The summed E-state index contributed by atoms with van der Waals surface area (Å²) in [5, 5.41) is 9.39. The number of benzene rings is 2. The van der Waals surface area contributed by atoms with Gasteiger partial charge in [-0.25, -0.2) is 14.5 Å². The Morgan fingerprint density at radius 1 is 1.12 bits per heavy atom. The van der Waals surface area contributed by atoms with Gasteiger partial charge in [0.25, 0.3) is 0 Å². The molecule has 2 aromatic rings. The molecule has 2 aromatic carbocycles. The van der Waals surface area contributed by atoms with Crippen LogP contribution in [0.3, 0.4) is 0 Å². The molecule has 8 heteroatoms. The van der Waals surface area contributed by atoms with Crippen LogP contribution in [-0.4, -0.2) is 58.7 Å². The van der Waals surface area contributed by atoms with Gasteiger partial charge in [0.05, 0.1) is 6.04 Å². The van der Waals surface area contributed by atoms with Crippen molar-refractivity contribution in [2.24, 2.45) is 11.8 Å². The highest BCUT2D eigenvalue weighted by Gasteiger charge is 2.44. The van der Waals surface area contributed by atoms with Crippen LogP contribution in [0, 0.1) is 11.8 Å². The molecule has 2 saturated heterocycles. The summed E-state index contributed by atoms with van der Waals surface area (Å²) in [6.45, 7) is 0.834. The fraction of sp³-hybridized carbons (Fsp3) is 0.375. The summed E-state index contributed by atoms with van der Waals surface area (Å²) in [4.78, 5) is 40.4. The maximum absolute atomic E-state index is 13.8. The van der Waals surface area contributed by atoms with Crippen molar-refractivity contribution in [2.45, 2.75) is 25.3 Å². The molecule has 0 aliphatic carbocycles. The molecule has 3 amide bonds. The van der Waals surface area contributed by atoms with Crippen LogP contribution in [-0.2, 0) is 22.4 Å². The number of cyclic esters (lactones) is 1. The molecule has 0 bridgehead atoms. The molecule has 3 atom stereocenters. The van der Waals surface area contributed by atoms with E-state index in [-0.39, 0.29) is 31.0 Å². The van der Waals surface area contributed by atoms with Crippen LogP contribution in [0.4, 0.5) is 9.59 Å². The van der Waals surface area contributed by atoms with E-state index in [0.29, 0.717) is 25.8 Å². The van der Waals surface area contributed by atoms with Crippen molar-refractivity contribution in [1.29, 1.82) is 0 Å². The number of likely N-dealkylation sites (tertiary alicyclic amines) is 1. The molecule has 0 spiro atoms. The number of ether oxygens (including phenoxy) is 1. The summed E-state index contributed by atoms with van der Waals surface area (Å²) in [6.07, 6.45) is -0.0679. The molecule has 7 nitrogen and oxygen atoms in total. The van der Waals surface area contributed by atoms with E-state index in [4.69, 9.17) is 4.74 Å². The zero-order valence-corrected chi connectivity index (χ0v) is 19.1. The topological polar surface area (TPSA) is 87.2 Å². The molecule has 32 heavy (non-hydrogen) atoms. The van der Waals surface area contributed by atoms with Gasteiger partial charge < -0.3 is 14.7 Å². The van der Waals surface area contributed by atoms with Gasteiger partial charge in [-0.15, -0.1) is 0 Å². The Hall–Kier alpha value is -2.87. The maximum atomic E-state index is 13.8. The third-order valence-corrected chi connectivity index (χ3v) is 6.73. The van der Waals surface area contributed by atoms with Crippen molar-refractivity contribution in [3.63, 3.8) is 0 Å². The molecule has 1 N–H and O–H groups in total. The Labute approximate surface area is 195 Å². The number of carbonyl (C=O) groups excluding carboxylic acids is 2. The first-order valence-electron chi connectivity index (χ1n) is 10.7. The van der Waals surface area contributed by atoms with Crippen LogP contribution in [0.1, 0.15) is 17.5 Å². The minimum absolute atomic E-state index is 0.162. The van der Waals surface area contributed by atoms with Gasteiger partial charge in [-0.1, -0.05) is 58.4 Å². The highest BCUT2D eigenvalue weighted by Crippen LogP contribution is 2.32. The average molecular weight is 501 g/mol. The van der Waals surface area contributed by atoms with Crippen molar-refractivity contribution in [3.05, 3.63) is 70.2 Å². The predicted molar refractivity (Wildman–Crippen MR) is 121 cm³/mol. The number of rotatable bonds is 6. The highest BCUT2D eigenvalue weighted by atomic mass is 79.9. The Bertz CT molecular complexity index is 999. The quantitative estimate of drug-likeness (QED) is 0.642. The Morgan fingerprint density at radius 3 is 2.56 bits per heavy atom. The summed E-state index contributed by atoms with van der Waals surface area (Å²) in [7, 11) is 0. The first-order chi connectivity index (χ1) is 15.4. The molecule has 0 radical (unpaired) electrons. The van der Waals surface area contributed by atoms with Gasteiger partial charge in [-0.3, -0.25) is 4.79 Å². The largest absolute Gasteiger partial charge is 0.465 e. The Balaban J connectivity index is 1.59. The monoisotopic (exact) mass is 500 g/mol. The normalized spacial score (nSPS) is 21.5. The molecule has 2 heterocycles. The number of nitrogens with zero attached hydrogens (tertiary/aromatic N) is 2. The van der Waals surface area contributed by atoms with Crippen LogP contribution >= 0.6 is 15.9 Å². The number of imide groups is 1. The Morgan fingerprint density at radius 2 is 1.88 bits per heavy atom. The van der Waals surface area contributed by atoms with E-state index < -0.39 is 18.1 Å². The van der Waals surface area contributed by atoms with E-state index in [0.717, 1.165) is 15.6 Å². The lowest BCUT2D eigenvalue weighted by atomic mass is 9.84. The average Bonchev–Trinajstić information content (AvgIpc) is 3.40. The smallest absolute Gasteiger partial charge is 0.416 e. The molecule has 2 aliphatic rings. The zero-order valence-electron chi connectivity index (χ0n) is 17.5. The van der Waals surface area contributed by atoms with Gasteiger partial charge in [-0.05, 0) is 48.4 Å². The zero-order chi connectivity index (χ0) is 22.7. The fourth-order valence-electron chi connectivity index (χ4n) is 4.61. The molecule has 4 rings (SSSR count). The fourth-order valence-corrected chi connectivity index (χ4v) is 5.06. The number of carboxylic acid groups (broad SMARTS) is 1. The lowest BCUT2D eigenvalue weighted by molar-refractivity contribution is -0.135. The van der Waals surface area contributed by atoms with Crippen LogP contribution in [0.2, 0.25) is 0 Å². The third kappa shape index (κ3) is 4.96. The van der Waals surface area contributed by atoms with Gasteiger partial charge in [0, 0.05) is 23.5 Å².